The summed E-state index contributed by atoms with van der Waals surface area (Å²) in [6.07, 6.45) is 0. The highest BCUT2D eigenvalue weighted by Gasteiger charge is 2.25. The van der Waals surface area contributed by atoms with Gasteiger partial charge < -0.3 is 10.2 Å². The molecule has 16 heavy (non-hydrogen) atoms. The van der Waals surface area contributed by atoms with Crippen LogP contribution in [0.4, 0.5) is 5.69 Å². The van der Waals surface area contributed by atoms with Gasteiger partial charge in [-0.05, 0) is 30.2 Å². The highest BCUT2D eigenvalue weighted by Crippen LogP contribution is 2.26. The molecule has 0 aromatic heterocycles. The van der Waals surface area contributed by atoms with Crippen molar-refractivity contribution in [1.29, 1.82) is 0 Å². The van der Waals surface area contributed by atoms with Gasteiger partial charge in [0.15, 0.2) is 0 Å². The molecule has 0 unspecified atom stereocenters. The lowest BCUT2D eigenvalue weighted by atomic mass is 9.87. The lowest BCUT2D eigenvalue weighted by molar-refractivity contribution is 0.450. The molecule has 0 spiro atoms. The van der Waals surface area contributed by atoms with Gasteiger partial charge >= 0.3 is 0 Å². The van der Waals surface area contributed by atoms with Gasteiger partial charge in [0.1, 0.15) is 0 Å². The molecule has 1 N–H and O–H groups in total. The monoisotopic (exact) mass is 218 g/mol. The minimum absolute atomic E-state index is 0.251. The van der Waals surface area contributed by atoms with Crippen LogP contribution in [0, 0.1) is 0 Å². The molecular weight excluding hydrogens is 196 g/mol. The van der Waals surface area contributed by atoms with Crippen LogP contribution in [0.2, 0.25) is 0 Å². The van der Waals surface area contributed by atoms with Crippen molar-refractivity contribution in [2.45, 2.75) is 32.2 Å². The number of hydrogen-bond donors (Lipinski definition) is 1. The second-order valence-electron chi connectivity index (χ2n) is 5.69. The van der Waals surface area contributed by atoms with Crippen molar-refractivity contribution in [2.75, 3.05) is 25.0 Å². The van der Waals surface area contributed by atoms with E-state index in [-0.39, 0.29) is 5.41 Å². The van der Waals surface area contributed by atoms with Gasteiger partial charge in [-0.15, -0.1) is 0 Å². The molecule has 1 heterocycles. The number of anilines is 1. The lowest BCUT2D eigenvalue weighted by Gasteiger charge is -2.41. The summed E-state index contributed by atoms with van der Waals surface area (Å²) in [5.74, 6) is 0. The van der Waals surface area contributed by atoms with Gasteiger partial charge in [-0.25, -0.2) is 0 Å². The number of rotatable bonds is 2. The van der Waals surface area contributed by atoms with Crippen LogP contribution in [-0.4, -0.2) is 26.2 Å². The molecule has 0 aliphatic carbocycles. The van der Waals surface area contributed by atoms with Crippen molar-refractivity contribution < 1.29 is 0 Å². The smallest absolute Gasteiger partial charge is 0.0418 e. The van der Waals surface area contributed by atoms with E-state index in [1.165, 1.54) is 11.3 Å². The molecule has 2 rings (SSSR count). The number of nitrogens with zero attached hydrogens (tertiary/aromatic N) is 1. The molecule has 0 bridgehead atoms. The van der Waals surface area contributed by atoms with Gasteiger partial charge in [0.2, 0.25) is 0 Å². The van der Waals surface area contributed by atoms with Crippen LogP contribution in [0.5, 0.6) is 0 Å². The summed E-state index contributed by atoms with van der Waals surface area (Å²) in [6, 6.07) is 9.66. The minimum atomic E-state index is 0.251. The van der Waals surface area contributed by atoms with E-state index in [1.54, 1.807) is 0 Å². The van der Waals surface area contributed by atoms with Crippen LogP contribution in [-0.2, 0) is 5.41 Å². The maximum Gasteiger partial charge on any atom is 0.0418 e. The number of benzene rings is 1. The third-order valence-corrected chi connectivity index (χ3v) is 3.39. The van der Waals surface area contributed by atoms with Crippen LogP contribution in [0.3, 0.4) is 0 Å². The summed E-state index contributed by atoms with van der Waals surface area (Å²) < 4.78 is 0. The molecular formula is C14H22N2. The number of nitrogens with one attached hydrogen (secondary N) is 1. The fourth-order valence-electron chi connectivity index (χ4n) is 2.04. The Morgan fingerprint density at radius 3 is 2.12 bits per heavy atom. The van der Waals surface area contributed by atoms with Crippen molar-refractivity contribution in [3.8, 4) is 0 Å². The molecule has 1 aromatic rings. The summed E-state index contributed by atoms with van der Waals surface area (Å²) in [7, 11) is 2.03. The van der Waals surface area contributed by atoms with E-state index >= 15 is 0 Å². The molecule has 0 saturated carbocycles. The Morgan fingerprint density at radius 1 is 1.12 bits per heavy atom. The third-order valence-electron chi connectivity index (χ3n) is 3.39. The van der Waals surface area contributed by atoms with E-state index in [0.717, 1.165) is 13.1 Å². The highest BCUT2D eigenvalue weighted by atomic mass is 15.2. The first-order chi connectivity index (χ1) is 7.50. The van der Waals surface area contributed by atoms with E-state index in [0.29, 0.717) is 6.04 Å². The largest absolute Gasteiger partial charge is 0.368 e. The standard InChI is InChI=1S/C14H22N2/c1-14(2,3)11-5-7-13(8-6-11)16-9-12(10-16)15-4/h5-8,12,15H,9-10H2,1-4H3. The first-order valence-electron chi connectivity index (χ1n) is 6.03. The minimum Gasteiger partial charge on any atom is -0.368 e. The predicted octanol–water partition coefficient (Wildman–Crippen LogP) is 2.39. The molecule has 1 fully saturated rings. The van der Waals surface area contributed by atoms with E-state index in [2.05, 4.69) is 55.3 Å². The van der Waals surface area contributed by atoms with E-state index in [4.69, 9.17) is 0 Å². The Balaban J connectivity index is 2.04. The first kappa shape index (κ1) is 11.5. The third kappa shape index (κ3) is 2.22. The highest BCUT2D eigenvalue weighted by molar-refractivity contribution is 5.51. The van der Waals surface area contributed by atoms with Crippen molar-refractivity contribution in [2.24, 2.45) is 0 Å². The van der Waals surface area contributed by atoms with Gasteiger partial charge in [-0.1, -0.05) is 32.9 Å². The second-order valence-corrected chi connectivity index (χ2v) is 5.69. The van der Waals surface area contributed by atoms with Crippen LogP contribution in [0.1, 0.15) is 26.3 Å². The van der Waals surface area contributed by atoms with E-state index in [9.17, 15) is 0 Å². The molecule has 0 atom stereocenters. The van der Waals surface area contributed by atoms with Crippen LogP contribution in [0.25, 0.3) is 0 Å². The van der Waals surface area contributed by atoms with Crippen molar-refractivity contribution in [3.05, 3.63) is 29.8 Å². The Bertz CT molecular complexity index is 342. The average molecular weight is 218 g/mol. The molecule has 1 aliphatic rings. The molecule has 0 amide bonds. The summed E-state index contributed by atoms with van der Waals surface area (Å²) >= 11 is 0. The van der Waals surface area contributed by atoms with Gasteiger partial charge in [0.25, 0.3) is 0 Å². The Kier molecular flexibility index (Phi) is 2.94. The first-order valence-corrected chi connectivity index (χ1v) is 6.03. The lowest BCUT2D eigenvalue weighted by Crippen LogP contribution is -2.57. The fourth-order valence-corrected chi connectivity index (χ4v) is 2.04. The molecule has 2 nitrogen and oxygen atoms in total. The van der Waals surface area contributed by atoms with Crippen LogP contribution in [0.15, 0.2) is 24.3 Å². The molecule has 0 radical (unpaired) electrons. The summed E-state index contributed by atoms with van der Waals surface area (Å²) in [4.78, 5) is 2.41. The number of hydrogen-bond acceptors (Lipinski definition) is 2. The Morgan fingerprint density at radius 2 is 1.69 bits per heavy atom. The number of likely N-dealkylation sites (N-methyl/N-ethyl adjacent to an activating group) is 1. The molecule has 1 aromatic carbocycles. The Labute approximate surface area is 98.7 Å². The van der Waals surface area contributed by atoms with Crippen molar-refractivity contribution in [1.82, 2.24) is 5.32 Å². The SMILES string of the molecule is CNC1CN(c2ccc(C(C)(C)C)cc2)C1. The van der Waals surface area contributed by atoms with Gasteiger partial charge in [0, 0.05) is 24.8 Å². The molecule has 1 saturated heterocycles. The predicted molar refractivity (Wildman–Crippen MR) is 70.2 cm³/mol. The summed E-state index contributed by atoms with van der Waals surface area (Å²) in [5.41, 5.74) is 3.00. The summed E-state index contributed by atoms with van der Waals surface area (Å²) in [5, 5.41) is 3.30. The maximum atomic E-state index is 3.30. The molecule has 2 heteroatoms. The van der Waals surface area contributed by atoms with Gasteiger partial charge in [-0.2, -0.15) is 0 Å². The van der Waals surface area contributed by atoms with Crippen LogP contribution >= 0.6 is 0 Å². The zero-order valence-electron chi connectivity index (χ0n) is 10.7. The van der Waals surface area contributed by atoms with E-state index in [1.807, 2.05) is 7.05 Å². The summed E-state index contributed by atoms with van der Waals surface area (Å²) in [6.45, 7) is 9.02. The molecule has 88 valence electrons. The van der Waals surface area contributed by atoms with Gasteiger partial charge in [0.05, 0.1) is 0 Å². The van der Waals surface area contributed by atoms with Crippen molar-refractivity contribution in [3.63, 3.8) is 0 Å². The second kappa shape index (κ2) is 4.10. The average Bonchev–Trinajstić information content (AvgIpc) is 2.15. The van der Waals surface area contributed by atoms with E-state index < -0.39 is 0 Å². The zero-order valence-corrected chi connectivity index (χ0v) is 10.7. The van der Waals surface area contributed by atoms with Gasteiger partial charge in [-0.3, -0.25) is 0 Å². The Hall–Kier alpha value is -1.02. The van der Waals surface area contributed by atoms with Crippen LogP contribution < -0.4 is 10.2 Å². The quantitative estimate of drug-likeness (QED) is 0.820. The normalized spacial score (nSPS) is 17.4. The maximum absolute atomic E-state index is 3.30. The zero-order chi connectivity index (χ0) is 11.8. The van der Waals surface area contributed by atoms with Crippen molar-refractivity contribution >= 4 is 5.69 Å². The topological polar surface area (TPSA) is 15.3 Å². The molecule has 1 aliphatic heterocycles. The fraction of sp³-hybridized carbons (Fsp3) is 0.571.